The van der Waals surface area contributed by atoms with Crippen molar-refractivity contribution in [1.29, 1.82) is 0 Å². The quantitative estimate of drug-likeness (QED) is 0.820. The number of hydrogen-bond donors (Lipinski definition) is 2. The van der Waals surface area contributed by atoms with Gasteiger partial charge in [0.05, 0.1) is 0 Å². The maximum absolute atomic E-state index is 10.6. The minimum atomic E-state index is -0.369. The minimum absolute atomic E-state index is 0.195. The maximum atomic E-state index is 10.6. The number of carbonyl (C=O) groups excluding carboxylic acids is 1. The van der Waals surface area contributed by atoms with Crippen LogP contribution < -0.4 is 11.5 Å². The van der Waals surface area contributed by atoms with Crippen molar-refractivity contribution >= 4 is 28.5 Å². The van der Waals surface area contributed by atoms with Crippen LogP contribution in [0.3, 0.4) is 0 Å². The average Bonchev–Trinajstić information content (AvgIpc) is 2.04. The van der Waals surface area contributed by atoms with Gasteiger partial charge in [0, 0.05) is 16.0 Å². The van der Waals surface area contributed by atoms with Gasteiger partial charge in [-0.15, -0.1) is 0 Å². The number of rotatable bonds is 3. The monoisotopic (exact) mass is 290 g/mol. The molecule has 1 aromatic carbocycles. The molecule has 4 heteroatoms. The molecule has 0 spiro atoms. The first kappa shape index (κ1) is 10.5. The molecule has 13 heavy (non-hydrogen) atoms. The summed E-state index contributed by atoms with van der Waals surface area (Å²) >= 11 is 2.21. The van der Waals surface area contributed by atoms with Crippen LogP contribution >= 0.6 is 22.6 Å². The molecule has 0 saturated heterocycles. The lowest BCUT2D eigenvalue weighted by Gasteiger charge is -2.09. The van der Waals surface area contributed by atoms with Gasteiger partial charge in [-0.1, -0.05) is 12.1 Å². The van der Waals surface area contributed by atoms with Crippen LogP contribution in [0.4, 0.5) is 0 Å². The van der Waals surface area contributed by atoms with Gasteiger partial charge in [0.15, 0.2) is 0 Å². The van der Waals surface area contributed by atoms with Crippen molar-refractivity contribution in [3.8, 4) is 0 Å². The molecule has 0 aliphatic rings. The number of amides is 1. The fraction of sp³-hybridized carbons (Fsp3) is 0.222. The van der Waals surface area contributed by atoms with Gasteiger partial charge in [-0.05, 0) is 40.3 Å². The van der Waals surface area contributed by atoms with E-state index in [1.807, 2.05) is 24.3 Å². The van der Waals surface area contributed by atoms with Crippen LogP contribution in [-0.2, 0) is 4.79 Å². The van der Waals surface area contributed by atoms with E-state index < -0.39 is 0 Å². The molecule has 1 aromatic rings. The summed E-state index contributed by atoms with van der Waals surface area (Å²) in [5.74, 6) is -0.369. The molecule has 1 atom stereocenters. The Bertz CT molecular complexity index is 297. The van der Waals surface area contributed by atoms with E-state index in [1.165, 1.54) is 0 Å². The van der Waals surface area contributed by atoms with Gasteiger partial charge in [0.2, 0.25) is 5.91 Å². The van der Waals surface area contributed by atoms with Crippen molar-refractivity contribution in [2.75, 3.05) is 0 Å². The van der Waals surface area contributed by atoms with E-state index in [1.54, 1.807) is 0 Å². The standard InChI is InChI=1S/C9H11IN2O/c10-7-3-1-6(2-4-7)8(11)5-9(12)13/h1-4,8H,5,11H2,(H2,12,13)/t8-/m0/s1. The smallest absolute Gasteiger partial charge is 0.219 e. The van der Waals surface area contributed by atoms with Crippen molar-refractivity contribution in [1.82, 2.24) is 0 Å². The fourth-order valence-corrected chi connectivity index (χ4v) is 1.40. The van der Waals surface area contributed by atoms with E-state index in [0.717, 1.165) is 9.13 Å². The summed E-state index contributed by atoms with van der Waals surface area (Å²) < 4.78 is 1.15. The van der Waals surface area contributed by atoms with Crippen molar-refractivity contribution in [2.24, 2.45) is 11.5 Å². The van der Waals surface area contributed by atoms with E-state index in [2.05, 4.69) is 22.6 Å². The van der Waals surface area contributed by atoms with Crippen LogP contribution in [0.5, 0.6) is 0 Å². The number of nitrogens with two attached hydrogens (primary N) is 2. The van der Waals surface area contributed by atoms with Crippen molar-refractivity contribution in [3.63, 3.8) is 0 Å². The summed E-state index contributed by atoms with van der Waals surface area (Å²) in [5.41, 5.74) is 11.7. The Morgan fingerprint density at radius 3 is 2.38 bits per heavy atom. The van der Waals surface area contributed by atoms with Crippen LogP contribution in [0.1, 0.15) is 18.0 Å². The lowest BCUT2D eigenvalue weighted by molar-refractivity contribution is -0.118. The van der Waals surface area contributed by atoms with Crippen LogP contribution in [-0.4, -0.2) is 5.91 Å². The van der Waals surface area contributed by atoms with Crippen molar-refractivity contribution in [2.45, 2.75) is 12.5 Å². The summed E-state index contributed by atoms with van der Waals surface area (Å²) in [5, 5.41) is 0. The predicted octanol–water partition coefficient (Wildman–Crippen LogP) is 1.17. The van der Waals surface area contributed by atoms with Gasteiger partial charge in [-0.3, -0.25) is 4.79 Å². The molecule has 1 rings (SSSR count). The molecule has 0 saturated carbocycles. The first-order chi connectivity index (χ1) is 6.09. The second kappa shape index (κ2) is 4.57. The van der Waals surface area contributed by atoms with Crippen molar-refractivity contribution < 1.29 is 4.79 Å². The molecule has 70 valence electrons. The molecule has 0 aliphatic carbocycles. The van der Waals surface area contributed by atoms with Crippen molar-refractivity contribution in [3.05, 3.63) is 33.4 Å². The molecular formula is C9H11IN2O. The highest BCUT2D eigenvalue weighted by Gasteiger charge is 2.08. The molecule has 0 heterocycles. The summed E-state index contributed by atoms with van der Waals surface area (Å²) in [6.45, 7) is 0. The summed E-state index contributed by atoms with van der Waals surface area (Å²) in [7, 11) is 0. The molecule has 0 bridgehead atoms. The maximum Gasteiger partial charge on any atom is 0.219 e. The molecule has 1 amide bonds. The lowest BCUT2D eigenvalue weighted by Crippen LogP contribution is -2.20. The summed E-state index contributed by atoms with van der Waals surface area (Å²) in [6.07, 6.45) is 0.195. The molecule has 3 nitrogen and oxygen atoms in total. The Morgan fingerprint density at radius 2 is 1.92 bits per heavy atom. The SMILES string of the molecule is NC(=O)C[C@H](N)c1ccc(I)cc1. The fourth-order valence-electron chi connectivity index (χ4n) is 1.04. The zero-order valence-electron chi connectivity index (χ0n) is 7.03. The molecule has 0 unspecified atom stereocenters. The van der Waals surface area contributed by atoms with Crippen LogP contribution in [0.2, 0.25) is 0 Å². The van der Waals surface area contributed by atoms with E-state index in [0.29, 0.717) is 0 Å². The first-order valence-electron chi connectivity index (χ1n) is 3.89. The number of benzene rings is 1. The summed E-state index contributed by atoms with van der Waals surface area (Å²) in [4.78, 5) is 10.6. The Balaban J connectivity index is 2.71. The number of primary amides is 1. The van der Waals surface area contributed by atoms with Gasteiger partial charge in [-0.25, -0.2) is 0 Å². The average molecular weight is 290 g/mol. The molecule has 0 radical (unpaired) electrons. The Kier molecular flexibility index (Phi) is 3.68. The van der Waals surface area contributed by atoms with Gasteiger partial charge in [-0.2, -0.15) is 0 Å². The van der Waals surface area contributed by atoms with E-state index >= 15 is 0 Å². The topological polar surface area (TPSA) is 69.1 Å². The molecular weight excluding hydrogens is 279 g/mol. The zero-order chi connectivity index (χ0) is 9.84. The largest absolute Gasteiger partial charge is 0.370 e. The number of halogens is 1. The van der Waals surface area contributed by atoms with E-state index in [4.69, 9.17) is 11.5 Å². The van der Waals surface area contributed by atoms with Gasteiger partial charge >= 0.3 is 0 Å². The van der Waals surface area contributed by atoms with Gasteiger partial charge in [0.25, 0.3) is 0 Å². The minimum Gasteiger partial charge on any atom is -0.370 e. The molecule has 4 N–H and O–H groups in total. The van der Waals surface area contributed by atoms with Crippen LogP contribution in [0, 0.1) is 3.57 Å². The highest BCUT2D eigenvalue weighted by Crippen LogP contribution is 2.15. The Morgan fingerprint density at radius 1 is 1.38 bits per heavy atom. The summed E-state index contributed by atoms with van der Waals surface area (Å²) in [6, 6.07) is 7.45. The third kappa shape index (κ3) is 3.31. The highest BCUT2D eigenvalue weighted by molar-refractivity contribution is 14.1. The Labute approximate surface area is 90.6 Å². The van der Waals surface area contributed by atoms with Gasteiger partial charge in [0.1, 0.15) is 0 Å². The third-order valence-corrected chi connectivity index (χ3v) is 2.44. The highest BCUT2D eigenvalue weighted by atomic mass is 127. The first-order valence-corrected chi connectivity index (χ1v) is 4.97. The van der Waals surface area contributed by atoms with Crippen LogP contribution in [0.15, 0.2) is 24.3 Å². The second-order valence-corrected chi connectivity index (χ2v) is 4.07. The lowest BCUT2D eigenvalue weighted by atomic mass is 10.1. The third-order valence-electron chi connectivity index (χ3n) is 1.72. The number of hydrogen-bond acceptors (Lipinski definition) is 2. The van der Waals surface area contributed by atoms with E-state index in [9.17, 15) is 4.79 Å². The zero-order valence-corrected chi connectivity index (χ0v) is 9.19. The number of carbonyl (C=O) groups is 1. The normalized spacial score (nSPS) is 12.5. The Hall–Kier alpha value is -0.620. The predicted molar refractivity (Wildman–Crippen MR) is 59.9 cm³/mol. The molecule has 0 aromatic heterocycles. The van der Waals surface area contributed by atoms with Gasteiger partial charge < -0.3 is 11.5 Å². The van der Waals surface area contributed by atoms with Crippen LogP contribution in [0.25, 0.3) is 0 Å². The second-order valence-electron chi connectivity index (χ2n) is 2.83. The molecule has 0 fully saturated rings. The molecule has 0 aliphatic heterocycles. The van der Waals surface area contributed by atoms with E-state index in [-0.39, 0.29) is 18.4 Å².